The topological polar surface area (TPSA) is 59.3 Å². The number of morpholine rings is 1. The zero-order valence-corrected chi connectivity index (χ0v) is 18.6. The number of nitrogens with zero attached hydrogens (tertiary/aromatic N) is 2. The van der Waals surface area contributed by atoms with E-state index in [-0.39, 0.29) is 0 Å². The van der Waals surface area contributed by atoms with Crippen LogP contribution in [0, 0.1) is 0 Å². The molecule has 0 amide bonds. The van der Waals surface area contributed by atoms with Crippen molar-refractivity contribution in [3.05, 3.63) is 47.9 Å². The highest BCUT2D eigenvalue weighted by atomic mass is 32.1. The number of thiocarbonyl (C=S) groups is 1. The average molecular weight is 434 g/mol. The maximum Gasteiger partial charge on any atom is 0.169 e. The Bertz CT molecular complexity index is 779. The lowest BCUT2D eigenvalue weighted by Crippen LogP contribution is -2.41. The summed E-state index contributed by atoms with van der Waals surface area (Å²) in [6.07, 6.45) is 2.72. The molecule has 0 bridgehead atoms. The summed E-state index contributed by atoms with van der Waals surface area (Å²) in [4.78, 5) is 4.53. The van der Waals surface area contributed by atoms with Gasteiger partial charge in [-0.3, -0.25) is 4.90 Å². The molecule has 0 saturated carbocycles. The van der Waals surface area contributed by atoms with Gasteiger partial charge in [-0.05, 0) is 55.0 Å². The Morgan fingerprint density at radius 2 is 1.93 bits per heavy atom. The van der Waals surface area contributed by atoms with Crippen LogP contribution in [0.2, 0.25) is 0 Å². The molecule has 1 aliphatic rings. The number of nitrogens with one attached hydrogen (secondary N) is 1. The first-order valence-corrected chi connectivity index (χ1v) is 10.7. The molecule has 1 aliphatic heterocycles. The van der Waals surface area contributed by atoms with Gasteiger partial charge in [0.2, 0.25) is 0 Å². The first kappa shape index (κ1) is 22.4. The minimum absolute atomic E-state index is 0.594. The molecule has 3 rings (SSSR count). The van der Waals surface area contributed by atoms with E-state index < -0.39 is 0 Å². The van der Waals surface area contributed by atoms with Gasteiger partial charge in [0, 0.05) is 26.2 Å². The van der Waals surface area contributed by atoms with Gasteiger partial charge in [0.15, 0.2) is 16.6 Å². The molecule has 1 aromatic carbocycles. The van der Waals surface area contributed by atoms with Crippen LogP contribution in [-0.4, -0.2) is 68.5 Å². The van der Waals surface area contributed by atoms with Crippen LogP contribution in [0.25, 0.3) is 0 Å². The average Bonchev–Trinajstić information content (AvgIpc) is 3.30. The predicted octanol–water partition coefficient (Wildman–Crippen LogP) is 2.90. The number of methoxy groups -OCH3 is 2. The molecule has 1 N–H and O–H groups in total. The molecule has 8 heteroatoms. The van der Waals surface area contributed by atoms with Crippen LogP contribution in [-0.2, 0) is 17.8 Å². The maximum absolute atomic E-state index is 5.71. The fraction of sp³-hybridized carbons (Fsp3) is 0.500. The van der Waals surface area contributed by atoms with Gasteiger partial charge in [-0.25, -0.2) is 0 Å². The second-order valence-corrected chi connectivity index (χ2v) is 7.55. The molecule has 0 unspecified atom stereocenters. The van der Waals surface area contributed by atoms with Crippen molar-refractivity contribution >= 4 is 17.3 Å². The fourth-order valence-corrected chi connectivity index (χ4v) is 3.66. The van der Waals surface area contributed by atoms with Crippen LogP contribution in [0.3, 0.4) is 0 Å². The van der Waals surface area contributed by atoms with E-state index in [0.717, 1.165) is 57.1 Å². The first-order valence-electron chi connectivity index (χ1n) is 10.3. The van der Waals surface area contributed by atoms with Crippen LogP contribution in [0.4, 0.5) is 0 Å². The van der Waals surface area contributed by atoms with E-state index in [1.54, 1.807) is 20.5 Å². The fourth-order valence-electron chi connectivity index (χ4n) is 3.42. The molecule has 0 spiro atoms. The third-order valence-corrected chi connectivity index (χ3v) is 5.47. The Hall–Kier alpha value is -2.29. The standard InChI is InChI=1S/C22H31N3O4S/c1-26-20-7-6-18(15-21(20)27-2)16-25(17-19-5-3-12-29-19)22(30)23-8-4-9-24-10-13-28-14-11-24/h3,5-7,12,15H,4,8-11,13-14,16-17H2,1-2H3,(H,23,30). The minimum atomic E-state index is 0.594. The maximum atomic E-state index is 5.71. The summed E-state index contributed by atoms with van der Waals surface area (Å²) in [5.41, 5.74) is 1.08. The van der Waals surface area contributed by atoms with Crippen molar-refractivity contribution in [2.45, 2.75) is 19.5 Å². The summed E-state index contributed by atoms with van der Waals surface area (Å²) in [6, 6.07) is 9.77. The Morgan fingerprint density at radius 1 is 1.13 bits per heavy atom. The zero-order valence-electron chi connectivity index (χ0n) is 17.8. The largest absolute Gasteiger partial charge is 0.493 e. The van der Waals surface area contributed by atoms with Gasteiger partial charge < -0.3 is 28.8 Å². The van der Waals surface area contributed by atoms with E-state index in [1.165, 1.54) is 0 Å². The van der Waals surface area contributed by atoms with E-state index in [9.17, 15) is 0 Å². The van der Waals surface area contributed by atoms with Gasteiger partial charge >= 0.3 is 0 Å². The Labute approximate surface area is 183 Å². The van der Waals surface area contributed by atoms with Crippen molar-refractivity contribution in [2.24, 2.45) is 0 Å². The van der Waals surface area contributed by atoms with E-state index in [2.05, 4.69) is 15.1 Å². The van der Waals surface area contributed by atoms with E-state index >= 15 is 0 Å². The summed E-state index contributed by atoms with van der Waals surface area (Å²) in [5.74, 6) is 2.29. The molecule has 1 saturated heterocycles. The molecule has 1 fully saturated rings. The summed E-state index contributed by atoms with van der Waals surface area (Å²) in [6.45, 7) is 6.78. The lowest BCUT2D eigenvalue weighted by Gasteiger charge is -2.28. The van der Waals surface area contributed by atoms with E-state index in [0.29, 0.717) is 29.7 Å². The number of ether oxygens (including phenoxy) is 3. The minimum Gasteiger partial charge on any atom is -0.493 e. The van der Waals surface area contributed by atoms with Gasteiger partial charge in [0.25, 0.3) is 0 Å². The highest BCUT2D eigenvalue weighted by Gasteiger charge is 2.15. The zero-order chi connectivity index (χ0) is 21.2. The second kappa shape index (κ2) is 11.8. The molecule has 0 radical (unpaired) electrons. The van der Waals surface area contributed by atoms with Crippen molar-refractivity contribution in [1.82, 2.24) is 15.1 Å². The molecule has 0 atom stereocenters. The lowest BCUT2D eigenvalue weighted by molar-refractivity contribution is 0.0376. The van der Waals surface area contributed by atoms with E-state index in [4.69, 9.17) is 30.8 Å². The van der Waals surface area contributed by atoms with Crippen molar-refractivity contribution < 1.29 is 18.6 Å². The lowest BCUT2D eigenvalue weighted by atomic mass is 10.2. The molecular weight excluding hydrogens is 402 g/mol. The van der Waals surface area contributed by atoms with Crippen LogP contribution in [0.15, 0.2) is 41.0 Å². The molecular formula is C22H31N3O4S. The monoisotopic (exact) mass is 433 g/mol. The summed E-state index contributed by atoms with van der Waals surface area (Å²) < 4.78 is 21.7. The predicted molar refractivity (Wildman–Crippen MR) is 120 cm³/mol. The van der Waals surface area contributed by atoms with Crippen LogP contribution >= 0.6 is 12.2 Å². The molecule has 1 aromatic heterocycles. The Kier molecular flexibility index (Phi) is 8.80. The normalized spacial score (nSPS) is 14.3. The molecule has 30 heavy (non-hydrogen) atoms. The first-order chi connectivity index (χ1) is 14.7. The van der Waals surface area contributed by atoms with Crippen LogP contribution < -0.4 is 14.8 Å². The van der Waals surface area contributed by atoms with Crippen LogP contribution in [0.1, 0.15) is 17.7 Å². The number of rotatable bonds is 10. The third-order valence-electron chi connectivity index (χ3n) is 5.07. The Morgan fingerprint density at radius 3 is 2.63 bits per heavy atom. The second-order valence-electron chi connectivity index (χ2n) is 7.16. The van der Waals surface area contributed by atoms with Crippen LogP contribution in [0.5, 0.6) is 11.5 Å². The molecule has 7 nitrogen and oxygen atoms in total. The summed E-state index contributed by atoms with van der Waals surface area (Å²) >= 11 is 5.71. The number of hydrogen-bond donors (Lipinski definition) is 1. The molecule has 164 valence electrons. The SMILES string of the molecule is COc1ccc(CN(Cc2ccco2)C(=S)NCCCN2CCOCC2)cc1OC. The number of furan rings is 1. The Balaban J connectivity index is 1.58. The van der Waals surface area contributed by atoms with Crippen molar-refractivity contribution in [3.8, 4) is 11.5 Å². The number of hydrogen-bond acceptors (Lipinski definition) is 6. The third kappa shape index (κ3) is 6.62. The van der Waals surface area contributed by atoms with E-state index in [1.807, 2.05) is 30.3 Å². The van der Waals surface area contributed by atoms with Crippen molar-refractivity contribution in [2.75, 3.05) is 53.6 Å². The van der Waals surface area contributed by atoms with Crippen molar-refractivity contribution in [3.63, 3.8) is 0 Å². The smallest absolute Gasteiger partial charge is 0.169 e. The van der Waals surface area contributed by atoms with Gasteiger partial charge in [0.05, 0.1) is 40.2 Å². The van der Waals surface area contributed by atoms with Gasteiger partial charge in [-0.2, -0.15) is 0 Å². The van der Waals surface area contributed by atoms with Gasteiger partial charge in [0.1, 0.15) is 5.76 Å². The highest BCUT2D eigenvalue weighted by molar-refractivity contribution is 7.80. The highest BCUT2D eigenvalue weighted by Crippen LogP contribution is 2.28. The summed E-state index contributed by atoms with van der Waals surface area (Å²) in [7, 11) is 3.28. The number of benzene rings is 1. The summed E-state index contributed by atoms with van der Waals surface area (Å²) in [5, 5.41) is 4.12. The van der Waals surface area contributed by atoms with Gasteiger partial charge in [-0.1, -0.05) is 6.07 Å². The quantitative estimate of drug-likeness (QED) is 0.453. The van der Waals surface area contributed by atoms with Gasteiger partial charge in [-0.15, -0.1) is 0 Å². The molecule has 0 aliphatic carbocycles. The molecule has 2 heterocycles. The molecule has 2 aromatic rings. The van der Waals surface area contributed by atoms with Crippen molar-refractivity contribution in [1.29, 1.82) is 0 Å².